The van der Waals surface area contributed by atoms with Crippen molar-refractivity contribution in [3.8, 4) is 0 Å². The van der Waals surface area contributed by atoms with E-state index in [0.717, 1.165) is 25.5 Å². The van der Waals surface area contributed by atoms with Crippen LogP contribution in [0.15, 0.2) is 12.5 Å². The molecule has 0 aliphatic carbocycles. The normalized spacial score (nSPS) is 27.0. The van der Waals surface area contributed by atoms with Crippen LogP contribution in [-0.4, -0.2) is 35.4 Å². The van der Waals surface area contributed by atoms with Gasteiger partial charge in [0, 0.05) is 25.2 Å². The van der Waals surface area contributed by atoms with Crippen molar-refractivity contribution in [2.24, 2.45) is 7.05 Å². The number of nitrogens with zero attached hydrogens (tertiary/aromatic N) is 2. The van der Waals surface area contributed by atoms with Crippen molar-refractivity contribution in [3.05, 3.63) is 18.2 Å². The van der Waals surface area contributed by atoms with Gasteiger partial charge in [0.05, 0.1) is 25.2 Å². The molecule has 1 N–H and O–H groups in total. The lowest BCUT2D eigenvalue weighted by Gasteiger charge is -2.15. The average molecular weight is 195 g/mol. The van der Waals surface area contributed by atoms with Crippen LogP contribution in [0.25, 0.3) is 0 Å². The van der Waals surface area contributed by atoms with E-state index in [4.69, 9.17) is 4.74 Å². The third-order valence-electron chi connectivity index (χ3n) is 2.65. The summed E-state index contributed by atoms with van der Waals surface area (Å²) in [6.07, 6.45) is 3.92. The minimum atomic E-state index is 0.413. The standard InChI is InChI=1S/C10H17N3O/c1-3-11-10-6-14-5-8(10)9-4-13(2)7-12-9/h4,7-8,10-11H,3,5-6H2,1-2H3. The number of imidazole rings is 1. The third-order valence-corrected chi connectivity index (χ3v) is 2.65. The Kier molecular flexibility index (Phi) is 2.84. The van der Waals surface area contributed by atoms with Crippen LogP contribution in [0.2, 0.25) is 0 Å². The van der Waals surface area contributed by atoms with Gasteiger partial charge in [-0.1, -0.05) is 6.92 Å². The van der Waals surface area contributed by atoms with E-state index in [1.807, 2.05) is 17.9 Å². The predicted octanol–water partition coefficient (Wildman–Crippen LogP) is 0.512. The first-order valence-corrected chi connectivity index (χ1v) is 5.10. The molecule has 78 valence electrons. The zero-order valence-electron chi connectivity index (χ0n) is 8.73. The Labute approximate surface area is 84.3 Å². The number of rotatable bonds is 3. The van der Waals surface area contributed by atoms with Crippen LogP contribution in [0.4, 0.5) is 0 Å². The molecule has 1 aliphatic heterocycles. The molecule has 1 aromatic heterocycles. The lowest BCUT2D eigenvalue weighted by atomic mass is 10.0. The molecule has 2 heterocycles. The molecule has 2 atom stereocenters. The lowest BCUT2D eigenvalue weighted by molar-refractivity contribution is 0.187. The molecule has 0 saturated carbocycles. The van der Waals surface area contributed by atoms with Gasteiger partial charge in [0.1, 0.15) is 0 Å². The van der Waals surface area contributed by atoms with E-state index in [1.54, 1.807) is 0 Å². The van der Waals surface area contributed by atoms with E-state index in [9.17, 15) is 0 Å². The van der Waals surface area contributed by atoms with Crippen LogP contribution in [0, 0.1) is 0 Å². The molecule has 4 nitrogen and oxygen atoms in total. The van der Waals surface area contributed by atoms with Crippen molar-refractivity contribution in [3.63, 3.8) is 0 Å². The Bertz CT molecular complexity index is 297. The Balaban J connectivity index is 2.09. The lowest BCUT2D eigenvalue weighted by Crippen LogP contribution is -2.34. The molecule has 0 spiro atoms. The highest BCUT2D eigenvalue weighted by atomic mass is 16.5. The van der Waals surface area contributed by atoms with Gasteiger partial charge >= 0.3 is 0 Å². The number of nitrogens with one attached hydrogen (secondary N) is 1. The molecule has 1 aliphatic rings. The molecule has 0 aromatic carbocycles. The summed E-state index contributed by atoms with van der Waals surface area (Å²) in [6, 6.07) is 0.426. The monoisotopic (exact) mass is 195 g/mol. The molecule has 0 amide bonds. The maximum absolute atomic E-state index is 5.47. The fourth-order valence-electron chi connectivity index (χ4n) is 1.93. The second-order valence-corrected chi connectivity index (χ2v) is 3.77. The number of ether oxygens (including phenoxy) is 1. The number of aryl methyl sites for hydroxylation is 1. The molecule has 1 saturated heterocycles. The minimum Gasteiger partial charge on any atom is -0.379 e. The van der Waals surface area contributed by atoms with E-state index >= 15 is 0 Å². The van der Waals surface area contributed by atoms with Gasteiger partial charge in [0.25, 0.3) is 0 Å². The molecule has 2 unspecified atom stereocenters. The first kappa shape index (κ1) is 9.68. The Hall–Kier alpha value is -0.870. The maximum Gasteiger partial charge on any atom is 0.0946 e. The van der Waals surface area contributed by atoms with E-state index in [1.165, 1.54) is 0 Å². The van der Waals surface area contributed by atoms with Crippen LogP contribution in [0.5, 0.6) is 0 Å². The second-order valence-electron chi connectivity index (χ2n) is 3.77. The first-order valence-electron chi connectivity index (χ1n) is 5.10. The second kappa shape index (κ2) is 4.11. The van der Waals surface area contributed by atoms with Crippen molar-refractivity contribution in [1.82, 2.24) is 14.9 Å². The zero-order chi connectivity index (χ0) is 9.97. The predicted molar refractivity (Wildman–Crippen MR) is 54.2 cm³/mol. The fourth-order valence-corrected chi connectivity index (χ4v) is 1.93. The molecular formula is C10H17N3O. The molecule has 1 aromatic rings. The Morgan fingerprint density at radius 2 is 2.50 bits per heavy atom. The quantitative estimate of drug-likeness (QED) is 0.764. The summed E-state index contributed by atoms with van der Waals surface area (Å²) in [6.45, 7) is 4.69. The molecule has 0 bridgehead atoms. The van der Waals surface area contributed by atoms with E-state index in [2.05, 4.69) is 23.4 Å². The highest BCUT2D eigenvalue weighted by Gasteiger charge is 2.30. The molecular weight excluding hydrogens is 178 g/mol. The van der Waals surface area contributed by atoms with Gasteiger partial charge < -0.3 is 14.6 Å². The number of aromatic nitrogens is 2. The average Bonchev–Trinajstić information content (AvgIpc) is 2.74. The summed E-state index contributed by atoms with van der Waals surface area (Å²) in [5.74, 6) is 0.413. The zero-order valence-corrected chi connectivity index (χ0v) is 8.73. The third kappa shape index (κ3) is 1.81. The molecule has 4 heteroatoms. The van der Waals surface area contributed by atoms with Crippen molar-refractivity contribution in [1.29, 1.82) is 0 Å². The Morgan fingerprint density at radius 1 is 1.64 bits per heavy atom. The van der Waals surface area contributed by atoms with E-state index in [0.29, 0.717) is 12.0 Å². The summed E-state index contributed by atoms with van der Waals surface area (Å²) in [5, 5.41) is 3.43. The van der Waals surface area contributed by atoms with Gasteiger partial charge in [0.2, 0.25) is 0 Å². The van der Waals surface area contributed by atoms with Gasteiger partial charge in [-0.3, -0.25) is 0 Å². The van der Waals surface area contributed by atoms with Crippen molar-refractivity contribution >= 4 is 0 Å². The molecule has 1 fully saturated rings. The fraction of sp³-hybridized carbons (Fsp3) is 0.700. The number of hydrogen-bond acceptors (Lipinski definition) is 3. The first-order chi connectivity index (χ1) is 6.81. The van der Waals surface area contributed by atoms with E-state index in [-0.39, 0.29) is 0 Å². The maximum atomic E-state index is 5.47. The van der Waals surface area contributed by atoms with Gasteiger partial charge in [-0.25, -0.2) is 4.98 Å². The van der Waals surface area contributed by atoms with Gasteiger partial charge in [-0.2, -0.15) is 0 Å². The summed E-state index contributed by atoms with van der Waals surface area (Å²) >= 11 is 0. The van der Waals surface area contributed by atoms with Gasteiger partial charge in [-0.15, -0.1) is 0 Å². The van der Waals surface area contributed by atoms with Crippen LogP contribution in [-0.2, 0) is 11.8 Å². The van der Waals surface area contributed by atoms with E-state index < -0.39 is 0 Å². The van der Waals surface area contributed by atoms with Crippen LogP contribution < -0.4 is 5.32 Å². The molecule has 0 radical (unpaired) electrons. The van der Waals surface area contributed by atoms with Crippen molar-refractivity contribution < 1.29 is 4.74 Å². The largest absolute Gasteiger partial charge is 0.379 e. The highest BCUT2D eigenvalue weighted by molar-refractivity contribution is 5.10. The van der Waals surface area contributed by atoms with Crippen LogP contribution in [0.1, 0.15) is 18.5 Å². The summed E-state index contributed by atoms with van der Waals surface area (Å²) in [5.41, 5.74) is 1.14. The SMILES string of the molecule is CCNC1COCC1c1cn(C)cn1. The smallest absolute Gasteiger partial charge is 0.0946 e. The summed E-state index contributed by atoms with van der Waals surface area (Å²) < 4.78 is 7.46. The van der Waals surface area contributed by atoms with Gasteiger partial charge in [-0.05, 0) is 6.54 Å². The van der Waals surface area contributed by atoms with Crippen LogP contribution in [0.3, 0.4) is 0 Å². The summed E-state index contributed by atoms with van der Waals surface area (Å²) in [4.78, 5) is 4.37. The number of hydrogen-bond donors (Lipinski definition) is 1. The molecule has 2 rings (SSSR count). The molecule has 14 heavy (non-hydrogen) atoms. The van der Waals surface area contributed by atoms with Crippen LogP contribution >= 0.6 is 0 Å². The topological polar surface area (TPSA) is 39.1 Å². The Morgan fingerprint density at radius 3 is 3.14 bits per heavy atom. The minimum absolute atomic E-state index is 0.413. The van der Waals surface area contributed by atoms with Gasteiger partial charge in [0.15, 0.2) is 0 Å². The van der Waals surface area contributed by atoms with Crippen molar-refractivity contribution in [2.75, 3.05) is 19.8 Å². The van der Waals surface area contributed by atoms with Crippen molar-refractivity contribution in [2.45, 2.75) is 18.9 Å². The summed E-state index contributed by atoms with van der Waals surface area (Å²) in [7, 11) is 1.99. The highest BCUT2D eigenvalue weighted by Crippen LogP contribution is 2.23. The number of likely N-dealkylation sites (N-methyl/N-ethyl adjacent to an activating group) is 1.